The molecular weight excluding hydrogens is 336 g/mol. The maximum atomic E-state index is 12.3. The number of carbonyl (C=O) groups is 1. The van der Waals surface area contributed by atoms with Crippen molar-refractivity contribution in [3.8, 4) is 0 Å². The second-order valence-electron chi connectivity index (χ2n) is 7.18. The van der Waals surface area contributed by atoms with Crippen molar-refractivity contribution >= 4 is 27.3 Å². The highest BCUT2D eigenvalue weighted by atomic mass is 32.2. The first kappa shape index (κ1) is 18.2. The van der Waals surface area contributed by atoms with Crippen molar-refractivity contribution < 1.29 is 13.2 Å². The standard InChI is InChI=1S/C19H28N2O3S/c1-2-25(23,24)21-12-6-9-16-14-17(10-11-18(16)21)20-19(22)13-15-7-4-3-5-8-15/h10-11,14-15H,2-9,12-13H2,1H3,(H,20,22). The number of nitrogens with one attached hydrogen (secondary N) is 1. The molecule has 138 valence electrons. The third kappa shape index (κ3) is 4.35. The predicted octanol–water partition coefficient (Wildman–Crippen LogP) is 3.70. The van der Waals surface area contributed by atoms with Crippen LogP contribution in [0.25, 0.3) is 0 Å². The number of anilines is 2. The fraction of sp³-hybridized carbons (Fsp3) is 0.632. The summed E-state index contributed by atoms with van der Waals surface area (Å²) in [7, 11) is -3.24. The van der Waals surface area contributed by atoms with Gasteiger partial charge in [-0.3, -0.25) is 9.10 Å². The molecule has 25 heavy (non-hydrogen) atoms. The number of benzene rings is 1. The van der Waals surface area contributed by atoms with Crippen LogP contribution in [-0.2, 0) is 21.2 Å². The van der Waals surface area contributed by atoms with Gasteiger partial charge < -0.3 is 5.32 Å². The van der Waals surface area contributed by atoms with Crippen molar-refractivity contribution in [2.45, 2.75) is 58.3 Å². The van der Waals surface area contributed by atoms with Gasteiger partial charge in [0.25, 0.3) is 0 Å². The van der Waals surface area contributed by atoms with E-state index in [0.29, 0.717) is 18.9 Å². The Kier molecular flexibility index (Phi) is 5.67. The SMILES string of the molecule is CCS(=O)(=O)N1CCCc2cc(NC(=O)CC3CCCCC3)ccc21. The van der Waals surface area contributed by atoms with Gasteiger partial charge in [0.05, 0.1) is 11.4 Å². The van der Waals surface area contributed by atoms with Crippen LogP contribution in [0.4, 0.5) is 11.4 Å². The minimum absolute atomic E-state index is 0.0701. The molecule has 1 heterocycles. The van der Waals surface area contributed by atoms with Gasteiger partial charge >= 0.3 is 0 Å². The Morgan fingerprint density at radius 3 is 2.68 bits per heavy atom. The molecule has 1 fully saturated rings. The first-order valence-electron chi connectivity index (χ1n) is 9.43. The van der Waals surface area contributed by atoms with Gasteiger partial charge in [-0.05, 0) is 62.3 Å². The third-order valence-electron chi connectivity index (χ3n) is 5.34. The van der Waals surface area contributed by atoms with Gasteiger partial charge in [0.1, 0.15) is 0 Å². The molecule has 1 aliphatic heterocycles. The van der Waals surface area contributed by atoms with E-state index in [1.54, 1.807) is 6.92 Å². The maximum absolute atomic E-state index is 12.3. The van der Waals surface area contributed by atoms with Crippen LogP contribution >= 0.6 is 0 Å². The number of hydrogen-bond donors (Lipinski definition) is 1. The molecule has 1 aliphatic carbocycles. The van der Waals surface area contributed by atoms with E-state index in [1.807, 2.05) is 18.2 Å². The van der Waals surface area contributed by atoms with Gasteiger partial charge in [-0.1, -0.05) is 19.3 Å². The summed E-state index contributed by atoms with van der Waals surface area (Å²) in [5, 5.41) is 3.00. The number of sulfonamides is 1. The lowest BCUT2D eigenvalue weighted by Crippen LogP contribution is -2.36. The largest absolute Gasteiger partial charge is 0.326 e. The quantitative estimate of drug-likeness (QED) is 0.866. The minimum atomic E-state index is -3.24. The molecule has 2 aliphatic rings. The van der Waals surface area contributed by atoms with Crippen LogP contribution in [0.1, 0.15) is 57.4 Å². The molecule has 3 rings (SSSR count). The molecule has 0 radical (unpaired) electrons. The van der Waals surface area contributed by atoms with Crippen molar-refractivity contribution in [2.75, 3.05) is 21.9 Å². The molecule has 0 spiro atoms. The molecule has 1 saturated carbocycles. The average Bonchev–Trinajstić information content (AvgIpc) is 2.61. The summed E-state index contributed by atoms with van der Waals surface area (Å²) in [6, 6.07) is 5.59. The molecule has 5 nitrogen and oxygen atoms in total. The molecule has 6 heteroatoms. The molecule has 1 N–H and O–H groups in total. The Bertz CT molecular complexity index is 724. The summed E-state index contributed by atoms with van der Waals surface area (Å²) >= 11 is 0. The van der Waals surface area contributed by atoms with E-state index < -0.39 is 10.0 Å². The third-order valence-corrected chi connectivity index (χ3v) is 7.12. The number of aryl methyl sites for hydroxylation is 1. The van der Waals surface area contributed by atoms with Crippen molar-refractivity contribution in [3.63, 3.8) is 0 Å². The molecule has 0 aromatic heterocycles. The number of nitrogens with zero attached hydrogens (tertiary/aromatic N) is 1. The van der Waals surface area contributed by atoms with Crippen LogP contribution in [-0.4, -0.2) is 26.6 Å². The van der Waals surface area contributed by atoms with E-state index in [9.17, 15) is 13.2 Å². The number of hydrogen-bond acceptors (Lipinski definition) is 3. The lowest BCUT2D eigenvalue weighted by molar-refractivity contribution is -0.117. The highest BCUT2D eigenvalue weighted by Gasteiger charge is 2.26. The molecule has 1 amide bonds. The zero-order valence-corrected chi connectivity index (χ0v) is 15.8. The van der Waals surface area contributed by atoms with Gasteiger partial charge in [-0.15, -0.1) is 0 Å². The first-order valence-corrected chi connectivity index (χ1v) is 11.0. The van der Waals surface area contributed by atoms with E-state index in [2.05, 4.69) is 5.32 Å². The number of fused-ring (bicyclic) bond motifs is 1. The minimum Gasteiger partial charge on any atom is -0.326 e. The molecule has 0 saturated heterocycles. The summed E-state index contributed by atoms with van der Waals surface area (Å²) < 4.78 is 26.0. The number of amides is 1. The van der Waals surface area contributed by atoms with Crippen molar-refractivity contribution in [2.24, 2.45) is 5.92 Å². The van der Waals surface area contributed by atoms with Crippen LogP contribution in [0.15, 0.2) is 18.2 Å². The van der Waals surface area contributed by atoms with E-state index in [4.69, 9.17) is 0 Å². The highest BCUT2D eigenvalue weighted by Crippen LogP contribution is 2.32. The zero-order chi connectivity index (χ0) is 17.9. The Hall–Kier alpha value is -1.56. The first-order chi connectivity index (χ1) is 12.0. The second-order valence-corrected chi connectivity index (χ2v) is 9.36. The fourth-order valence-corrected chi connectivity index (χ4v) is 5.15. The molecule has 0 atom stereocenters. The lowest BCUT2D eigenvalue weighted by atomic mass is 9.87. The molecule has 1 aromatic rings. The maximum Gasteiger partial charge on any atom is 0.234 e. The van der Waals surface area contributed by atoms with Crippen LogP contribution in [0.2, 0.25) is 0 Å². The summed E-state index contributed by atoms with van der Waals surface area (Å²) in [4.78, 5) is 12.3. The summed E-state index contributed by atoms with van der Waals surface area (Å²) in [6.45, 7) is 2.21. The Labute approximate surface area is 150 Å². The van der Waals surface area contributed by atoms with Crippen LogP contribution in [0.3, 0.4) is 0 Å². The van der Waals surface area contributed by atoms with Crippen molar-refractivity contribution in [3.05, 3.63) is 23.8 Å². The summed E-state index contributed by atoms with van der Waals surface area (Å²) in [6.07, 6.45) is 8.32. The zero-order valence-electron chi connectivity index (χ0n) is 15.0. The van der Waals surface area contributed by atoms with Gasteiger partial charge in [0.15, 0.2) is 0 Å². The monoisotopic (exact) mass is 364 g/mol. The van der Waals surface area contributed by atoms with Crippen LogP contribution < -0.4 is 9.62 Å². The summed E-state index contributed by atoms with van der Waals surface area (Å²) in [5.41, 5.74) is 2.53. The average molecular weight is 365 g/mol. The van der Waals surface area contributed by atoms with Crippen LogP contribution in [0, 0.1) is 5.92 Å². The highest BCUT2D eigenvalue weighted by molar-refractivity contribution is 7.92. The van der Waals surface area contributed by atoms with Gasteiger partial charge in [0, 0.05) is 18.7 Å². The Morgan fingerprint density at radius 2 is 1.96 bits per heavy atom. The number of carbonyl (C=O) groups excluding carboxylic acids is 1. The molecule has 0 unspecified atom stereocenters. The molecular formula is C19H28N2O3S. The normalized spacial score (nSPS) is 18.7. The Balaban J connectivity index is 1.69. The Morgan fingerprint density at radius 1 is 1.20 bits per heavy atom. The smallest absolute Gasteiger partial charge is 0.234 e. The van der Waals surface area contributed by atoms with E-state index >= 15 is 0 Å². The van der Waals surface area contributed by atoms with Crippen molar-refractivity contribution in [1.82, 2.24) is 0 Å². The van der Waals surface area contributed by atoms with Crippen LogP contribution in [0.5, 0.6) is 0 Å². The fourth-order valence-electron chi connectivity index (χ4n) is 3.95. The summed E-state index contributed by atoms with van der Waals surface area (Å²) in [5.74, 6) is 0.684. The van der Waals surface area contributed by atoms with E-state index in [0.717, 1.165) is 42.6 Å². The molecule has 0 bridgehead atoms. The lowest BCUT2D eigenvalue weighted by Gasteiger charge is -2.30. The van der Waals surface area contributed by atoms with Crippen molar-refractivity contribution in [1.29, 1.82) is 0 Å². The van der Waals surface area contributed by atoms with Gasteiger partial charge in [-0.2, -0.15) is 0 Å². The van der Waals surface area contributed by atoms with E-state index in [1.165, 1.54) is 23.6 Å². The molecule has 1 aromatic carbocycles. The van der Waals surface area contributed by atoms with Gasteiger partial charge in [-0.25, -0.2) is 8.42 Å². The number of rotatable bonds is 5. The van der Waals surface area contributed by atoms with Gasteiger partial charge in [0.2, 0.25) is 15.9 Å². The topological polar surface area (TPSA) is 66.5 Å². The van der Waals surface area contributed by atoms with E-state index in [-0.39, 0.29) is 11.7 Å². The second kappa shape index (κ2) is 7.77. The predicted molar refractivity (Wildman–Crippen MR) is 101 cm³/mol.